The summed E-state index contributed by atoms with van der Waals surface area (Å²) in [6.45, 7) is 0.442. The Kier molecular flexibility index (Phi) is 6.09. The number of carbonyl (C=O) groups excluding carboxylic acids is 2. The highest BCUT2D eigenvalue weighted by Gasteiger charge is 2.31. The molecule has 0 aromatic heterocycles. The van der Waals surface area contributed by atoms with Crippen molar-refractivity contribution < 1.29 is 14.3 Å². The molecular weight excluding hydrogens is 325 g/mol. The number of rotatable bonds is 4. The fraction of sp³-hybridized carbons (Fsp3) is 0.500. The Hall–Kier alpha value is -1.26. The summed E-state index contributed by atoms with van der Waals surface area (Å²) in [7, 11) is 1.40. The molecule has 0 bridgehead atoms. The number of amides is 1. The largest absolute Gasteiger partial charge is 0.469 e. The van der Waals surface area contributed by atoms with E-state index in [4.69, 9.17) is 27.9 Å². The second kappa shape index (κ2) is 7.84. The molecule has 0 aliphatic heterocycles. The monoisotopic (exact) mass is 343 g/mol. The van der Waals surface area contributed by atoms with E-state index in [9.17, 15) is 9.59 Å². The van der Waals surface area contributed by atoms with Gasteiger partial charge in [0.15, 0.2) is 0 Å². The minimum absolute atomic E-state index is 0.108. The smallest absolute Gasteiger partial charge is 0.309 e. The van der Waals surface area contributed by atoms with Gasteiger partial charge < -0.3 is 10.1 Å². The molecule has 0 saturated heterocycles. The van der Waals surface area contributed by atoms with Crippen LogP contribution in [0.5, 0.6) is 0 Å². The zero-order valence-electron chi connectivity index (χ0n) is 12.4. The van der Waals surface area contributed by atoms with Crippen molar-refractivity contribution in [1.82, 2.24) is 5.32 Å². The van der Waals surface area contributed by atoms with Gasteiger partial charge in [0.2, 0.25) is 0 Å². The molecule has 1 aromatic rings. The van der Waals surface area contributed by atoms with Crippen molar-refractivity contribution >= 4 is 35.1 Å². The number of carbonyl (C=O) groups is 2. The zero-order valence-corrected chi connectivity index (χ0v) is 13.9. The van der Waals surface area contributed by atoms with E-state index in [2.05, 4.69) is 5.32 Å². The highest BCUT2D eigenvalue weighted by atomic mass is 35.5. The highest BCUT2D eigenvalue weighted by molar-refractivity contribution is 6.36. The van der Waals surface area contributed by atoms with E-state index in [0.717, 1.165) is 25.7 Å². The molecule has 2 rings (SSSR count). The molecule has 6 heteroatoms. The summed E-state index contributed by atoms with van der Waals surface area (Å²) >= 11 is 11.9. The Morgan fingerprint density at radius 1 is 1.27 bits per heavy atom. The second-order valence-corrected chi connectivity index (χ2v) is 6.35. The van der Waals surface area contributed by atoms with Gasteiger partial charge in [-0.15, -0.1) is 0 Å². The van der Waals surface area contributed by atoms with Crippen LogP contribution in [0.2, 0.25) is 10.0 Å². The van der Waals surface area contributed by atoms with Crippen molar-refractivity contribution in [1.29, 1.82) is 0 Å². The van der Waals surface area contributed by atoms with Gasteiger partial charge in [0.1, 0.15) is 0 Å². The number of halogens is 2. The van der Waals surface area contributed by atoms with Gasteiger partial charge in [0.25, 0.3) is 5.91 Å². The molecule has 120 valence electrons. The number of ether oxygens (including phenoxy) is 1. The van der Waals surface area contributed by atoms with Crippen molar-refractivity contribution in [2.24, 2.45) is 11.8 Å². The summed E-state index contributed by atoms with van der Waals surface area (Å²) in [4.78, 5) is 24.0. The van der Waals surface area contributed by atoms with Gasteiger partial charge in [0.05, 0.1) is 23.6 Å². The number of benzene rings is 1. The van der Waals surface area contributed by atoms with Gasteiger partial charge in [0, 0.05) is 11.6 Å². The van der Waals surface area contributed by atoms with Crippen LogP contribution >= 0.6 is 23.2 Å². The molecule has 2 atom stereocenters. The summed E-state index contributed by atoms with van der Waals surface area (Å²) in [6.07, 6.45) is 3.81. The third-order valence-electron chi connectivity index (χ3n) is 4.11. The van der Waals surface area contributed by atoms with Crippen molar-refractivity contribution in [2.45, 2.75) is 25.7 Å². The van der Waals surface area contributed by atoms with Crippen LogP contribution < -0.4 is 5.32 Å². The summed E-state index contributed by atoms with van der Waals surface area (Å²) in [5, 5.41) is 3.67. The SMILES string of the molecule is COC(=O)C1CCCCC1CNC(=O)c1ccc(Cl)cc1Cl. The van der Waals surface area contributed by atoms with Crippen LogP contribution in [-0.4, -0.2) is 25.5 Å². The number of methoxy groups -OCH3 is 1. The van der Waals surface area contributed by atoms with Gasteiger partial charge in [-0.2, -0.15) is 0 Å². The molecule has 1 fully saturated rings. The number of esters is 1. The molecule has 4 nitrogen and oxygen atoms in total. The van der Waals surface area contributed by atoms with E-state index in [0.29, 0.717) is 22.2 Å². The summed E-state index contributed by atoms with van der Waals surface area (Å²) < 4.78 is 4.86. The predicted molar refractivity (Wildman–Crippen MR) is 86.3 cm³/mol. The molecule has 1 aliphatic rings. The van der Waals surface area contributed by atoms with Crippen LogP contribution in [0, 0.1) is 11.8 Å². The zero-order chi connectivity index (χ0) is 16.1. The first-order valence-corrected chi connectivity index (χ1v) is 8.09. The molecule has 1 aromatic carbocycles. The van der Waals surface area contributed by atoms with Crippen LogP contribution in [0.15, 0.2) is 18.2 Å². The predicted octanol–water partition coefficient (Wildman–Crippen LogP) is 3.70. The van der Waals surface area contributed by atoms with Crippen LogP contribution in [0.4, 0.5) is 0 Å². The van der Waals surface area contributed by atoms with Crippen molar-refractivity contribution in [3.63, 3.8) is 0 Å². The van der Waals surface area contributed by atoms with Crippen molar-refractivity contribution in [2.75, 3.05) is 13.7 Å². The Balaban J connectivity index is 1.98. The minimum atomic E-state index is -0.254. The van der Waals surface area contributed by atoms with Crippen molar-refractivity contribution in [3.05, 3.63) is 33.8 Å². The summed E-state index contributed by atoms with van der Waals surface area (Å²) in [5.74, 6) is -0.477. The van der Waals surface area contributed by atoms with Crippen LogP contribution in [-0.2, 0) is 9.53 Å². The Morgan fingerprint density at radius 3 is 2.68 bits per heavy atom. The molecule has 0 heterocycles. The van der Waals surface area contributed by atoms with E-state index in [1.807, 2.05) is 0 Å². The van der Waals surface area contributed by atoms with E-state index in [-0.39, 0.29) is 23.7 Å². The van der Waals surface area contributed by atoms with E-state index < -0.39 is 0 Å². The fourth-order valence-electron chi connectivity index (χ4n) is 2.91. The maximum atomic E-state index is 12.2. The van der Waals surface area contributed by atoms with E-state index in [1.165, 1.54) is 13.2 Å². The third kappa shape index (κ3) is 4.14. The molecular formula is C16H19Cl2NO3. The van der Waals surface area contributed by atoms with Gasteiger partial charge >= 0.3 is 5.97 Å². The van der Waals surface area contributed by atoms with E-state index in [1.54, 1.807) is 12.1 Å². The maximum Gasteiger partial charge on any atom is 0.309 e. The normalized spacial score (nSPS) is 21.2. The molecule has 0 spiro atoms. The van der Waals surface area contributed by atoms with Gasteiger partial charge in [-0.05, 0) is 37.0 Å². The summed E-state index contributed by atoms with van der Waals surface area (Å²) in [6, 6.07) is 4.76. The van der Waals surface area contributed by atoms with Gasteiger partial charge in [-0.1, -0.05) is 36.0 Å². The first kappa shape index (κ1) is 17.1. The van der Waals surface area contributed by atoms with Crippen LogP contribution in [0.1, 0.15) is 36.0 Å². The van der Waals surface area contributed by atoms with Crippen molar-refractivity contribution in [3.8, 4) is 0 Å². The average molecular weight is 344 g/mol. The van der Waals surface area contributed by atoms with Gasteiger partial charge in [-0.3, -0.25) is 9.59 Å². The molecule has 22 heavy (non-hydrogen) atoms. The molecule has 1 amide bonds. The van der Waals surface area contributed by atoms with Crippen LogP contribution in [0.25, 0.3) is 0 Å². The summed E-state index contributed by atoms with van der Waals surface area (Å²) in [5.41, 5.74) is 0.386. The Labute approximate surface area is 140 Å². The average Bonchev–Trinajstić information content (AvgIpc) is 2.52. The Bertz CT molecular complexity index is 562. The molecule has 1 saturated carbocycles. The number of hydrogen-bond acceptors (Lipinski definition) is 3. The Morgan fingerprint density at radius 2 is 2.00 bits per heavy atom. The first-order valence-electron chi connectivity index (χ1n) is 7.34. The highest BCUT2D eigenvalue weighted by Crippen LogP contribution is 2.30. The first-order chi connectivity index (χ1) is 10.5. The lowest BCUT2D eigenvalue weighted by Gasteiger charge is -2.29. The lowest BCUT2D eigenvalue weighted by molar-refractivity contribution is -0.148. The van der Waals surface area contributed by atoms with Crippen LogP contribution in [0.3, 0.4) is 0 Å². The number of nitrogens with one attached hydrogen (secondary N) is 1. The minimum Gasteiger partial charge on any atom is -0.469 e. The standard InChI is InChI=1S/C16H19Cl2NO3/c1-22-16(21)12-5-3-2-4-10(12)9-19-15(20)13-7-6-11(17)8-14(13)18/h6-8,10,12H,2-5,9H2,1H3,(H,19,20). The number of hydrogen-bond donors (Lipinski definition) is 1. The molecule has 0 radical (unpaired) electrons. The van der Waals surface area contributed by atoms with E-state index >= 15 is 0 Å². The second-order valence-electron chi connectivity index (χ2n) is 5.51. The lowest BCUT2D eigenvalue weighted by Crippen LogP contribution is -2.37. The molecule has 1 N–H and O–H groups in total. The lowest BCUT2D eigenvalue weighted by atomic mass is 9.79. The molecule has 1 aliphatic carbocycles. The maximum absolute atomic E-state index is 12.2. The fourth-order valence-corrected chi connectivity index (χ4v) is 3.40. The quantitative estimate of drug-likeness (QED) is 0.848. The topological polar surface area (TPSA) is 55.4 Å². The third-order valence-corrected chi connectivity index (χ3v) is 4.66. The van der Waals surface area contributed by atoms with Gasteiger partial charge in [-0.25, -0.2) is 0 Å². The molecule has 2 unspecified atom stereocenters.